The highest BCUT2D eigenvalue weighted by atomic mass is 16.3. The van der Waals surface area contributed by atoms with Crippen LogP contribution in [0.15, 0.2) is 42.2 Å². The van der Waals surface area contributed by atoms with Gasteiger partial charge in [-0.05, 0) is 18.2 Å². The Labute approximate surface area is 117 Å². The van der Waals surface area contributed by atoms with Gasteiger partial charge in [-0.3, -0.25) is 9.69 Å². The molecular weight excluding hydrogens is 258 g/mol. The van der Waals surface area contributed by atoms with Crippen LogP contribution < -0.4 is 5.32 Å². The molecule has 0 aliphatic carbocycles. The lowest BCUT2D eigenvalue weighted by Gasteiger charge is -2.37. The van der Waals surface area contributed by atoms with Crippen molar-refractivity contribution in [1.82, 2.24) is 15.1 Å². The fourth-order valence-corrected chi connectivity index (χ4v) is 2.10. The molecule has 1 aromatic carbocycles. The van der Waals surface area contributed by atoms with Gasteiger partial charge in [-0.2, -0.15) is 0 Å². The molecule has 6 heteroatoms. The number of amides is 1. The summed E-state index contributed by atoms with van der Waals surface area (Å²) in [7, 11) is 1.59. The molecule has 0 aromatic heterocycles. The average Bonchev–Trinajstić information content (AvgIpc) is 2.46. The van der Waals surface area contributed by atoms with E-state index in [4.69, 9.17) is 0 Å². The number of hydrogen-bond acceptors (Lipinski definition) is 5. The minimum absolute atomic E-state index is 0.214. The van der Waals surface area contributed by atoms with Crippen LogP contribution in [0, 0.1) is 0 Å². The quantitative estimate of drug-likeness (QED) is 0.731. The van der Waals surface area contributed by atoms with Gasteiger partial charge >= 0.3 is 0 Å². The van der Waals surface area contributed by atoms with Crippen molar-refractivity contribution >= 4 is 5.91 Å². The van der Waals surface area contributed by atoms with Crippen molar-refractivity contribution in [2.24, 2.45) is 0 Å². The number of aliphatic hydroxyl groups is 2. The summed E-state index contributed by atoms with van der Waals surface area (Å²) in [5.74, 6) is 0.164. The van der Waals surface area contributed by atoms with Crippen molar-refractivity contribution in [3.8, 4) is 0 Å². The van der Waals surface area contributed by atoms with Gasteiger partial charge in [0.05, 0.1) is 0 Å². The first-order chi connectivity index (χ1) is 9.54. The maximum Gasteiger partial charge on any atom is 0.259 e. The van der Waals surface area contributed by atoms with E-state index in [0.717, 1.165) is 0 Å². The zero-order valence-electron chi connectivity index (χ0n) is 11.5. The number of carbonyl (C=O) groups excluding carboxylic acids is 1. The van der Waals surface area contributed by atoms with E-state index in [0.29, 0.717) is 17.9 Å². The Hall–Kier alpha value is -1.89. The zero-order chi connectivity index (χ0) is 14.7. The number of aliphatic hydroxyl groups excluding tert-OH is 2. The third-order valence-corrected chi connectivity index (χ3v) is 3.29. The van der Waals surface area contributed by atoms with Crippen molar-refractivity contribution in [2.45, 2.75) is 19.5 Å². The van der Waals surface area contributed by atoms with Crippen LogP contribution in [0.3, 0.4) is 0 Å². The number of likely N-dealkylation sites (N-methyl/N-ethyl adjacent to an activating group) is 1. The maximum atomic E-state index is 12.3. The summed E-state index contributed by atoms with van der Waals surface area (Å²) in [4.78, 5) is 15.1. The van der Waals surface area contributed by atoms with E-state index in [2.05, 4.69) is 5.32 Å². The highest BCUT2D eigenvalue weighted by Gasteiger charge is 2.29. The number of hydrogen-bond donors (Lipinski definition) is 3. The van der Waals surface area contributed by atoms with Gasteiger partial charge in [0.15, 0.2) is 6.35 Å². The van der Waals surface area contributed by atoms with Crippen LogP contribution in [0.25, 0.3) is 0 Å². The van der Waals surface area contributed by atoms with Crippen molar-refractivity contribution < 1.29 is 15.0 Å². The van der Waals surface area contributed by atoms with E-state index in [1.54, 1.807) is 31.3 Å². The molecule has 1 heterocycles. The van der Waals surface area contributed by atoms with Crippen LogP contribution in [0.5, 0.6) is 0 Å². The molecule has 0 saturated carbocycles. The van der Waals surface area contributed by atoms with Gasteiger partial charge in [-0.15, -0.1) is 0 Å². The Balaban J connectivity index is 2.18. The molecule has 6 nitrogen and oxygen atoms in total. The van der Waals surface area contributed by atoms with Crippen LogP contribution in [0.2, 0.25) is 0 Å². The summed E-state index contributed by atoms with van der Waals surface area (Å²) in [5, 5.41) is 22.6. The fraction of sp³-hybridized carbons (Fsp3) is 0.357. The van der Waals surface area contributed by atoms with Gasteiger partial charge in [0.2, 0.25) is 0 Å². The summed E-state index contributed by atoms with van der Waals surface area (Å²) >= 11 is 0. The van der Waals surface area contributed by atoms with E-state index in [9.17, 15) is 15.0 Å². The molecule has 1 amide bonds. The third kappa shape index (κ3) is 2.82. The second-order valence-corrected chi connectivity index (χ2v) is 4.54. The van der Waals surface area contributed by atoms with Gasteiger partial charge in [0, 0.05) is 19.2 Å². The molecule has 1 aliphatic rings. The lowest BCUT2D eigenvalue weighted by molar-refractivity contribution is -0.102. The molecule has 0 spiro atoms. The number of nitrogens with one attached hydrogen (secondary N) is 1. The highest BCUT2D eigenvalue weighted by molar-refractivity contribution is 5.95. The maximum absolute atomic E-state index is 12.3. The lowest BCUT2D eigenvalue weighted by Crippen LogP contribution is -2.56. The second-order valence-electron chi connectivity index (χ2n) is 4.54. The van der Waals surface area contributed by atoms with Crippen LogP contribution in [-0.4, -0.2) is 52.1 Å². The molecule has 2 unspecified atom stereocenters. The first kappa shape index (κ1) is 14.5. The predicted molar refractivity (Wildman–Crippen MR) is 74.1 cm³/mol. The number of carbonyl (C=O) groups is 1. The van der Waals surface area contributed by atoms with E-state index in [1.165, 1.54) is 15.9 Å². The molecule has 0 radical (unpaired) electrons. The number of nitrogens with zero attached hydrogens (tertiary/aromatic N) is 2. The van der Waals surface area contributed by atoms with Crippen molar-refractivity contribution in [3.63, 3.8) is 0 Å². The van der Waals surface area contributed by atoms with Crippen LogP contribution >= 0.6 is 0 Å². The molecule has 0 bridgehead atoms. The topological polar surface area (TPSA) is 76.0 Å². The molecule has 20 heavy (non-hydrogen) atoms. The molecule has 1 aromatic rings. The molecule has 108 valence electrons. The van der Waals surface area contributed by atoms with Gasteiger partial charge in [0.25, 0.3) is 5.91 Å². The Bertz CT molecular complexity index is 504. The molecule has 2 rings (SSSR count). The van der Waals surface area contributed by atoms with Crippen LogP contribution in [-0.2, 0) is 0 Å². The normalized spacial score (nSPS) is 22.9. The van der Waals surface area contributed by atoms with Gasteiger partial charge in [-0.25, -0.2) is 4.90 Å². The monoisotopic (exact) mass is 277 g/mol. The molecule has 1 aliphatic heterocycles. The summed E-state index contributed by atoms with van der Waals surface area (Å²) in [5.41, 5.74) is 0.541. The molecule has 0 saturated heterocycles. The minimum Gasteiger partial charge on any atom is -0.374 e. The van der Waals surface area contributed by atoms with E-state index >= 15 is 0 Å². The van der Waals surface area contributed by atoms with Gasteiger partial charge in [-0.1, -0.05) is 25.1 Å². The van der Waals surface area contributed by atoms with E-state index in [-0.39, 0.29) is 5.91 Å². The predicted octanol–water partition coefficient (Wildman–Crippen LogP) is 0.119. The molecule has 2 atom stereocenters. The zero-order valence-corrected chi connectivity index (χ0v) is 11.5. The minimum atomic E-state index is -1.03. The van der Waals surface area contributed by atoms with Crippen molar-refractivity contribution in [3.05, 3.63) is 47.8 Å². The molecular formula is C14H19N3O3. The Morgan fingerprint density at radius 3 is 2.55 bits per heavy atom. The lowest BCUT2D eigenvalue weighted by atomic mass is 10.2. The van der Waals surface area contributed by atoms with Gasteiger partial charge < -0.3 is 15.5 Å². The van der Waals surface area contributed by atoms with E-state index < -0.39 is 12.6 Å². The molecule has 0 fully saturated rings. The van der Waals surface area contributed by atoms with E-state index in [1.807, 2.05) is 13.0 Å². The largest absolute Gasteiger partial charge is 0.374 e. The number of rotatable bonds is 3. The first-order valence-corrected chi connectivity index (χ1v) is 6.48. The van der Waals surface area contributed by atoms with Crippen molar-refractivity contribution in [2.75, 3.05) is 13.6 Å². The Morgan fingerprint density at radius 2 is 2.00 bits per heavy atom. The molecule has 3 N–H and O–H groups in total. The smallest absolute Gasteiger partial charge is 0.259 e. The Kier molecular flexibility index (Phi) is 4.39. The van der Waals surface area contributed by atoms with Crippen LogP contribution in [0.4, 0.5) is 0 Å². The highest BCUT2D eigenvalue weighted by Crippen LogP contribution is 2.15. The summed E-state index contributed by atoms with van der Waals surface area (Å²) in [6, 6.07) is 8.83. The SMILES string of the molecule is CCN1C(O)C=C(N(C)C(=O)c2ccccc2)NC1O. The standard InChI is InChI=1S/C14H19N3O3/c1-3-17-12(18)9-11(15-14(17)20)16(2)13(19)10-7-5-4-6-8-10/h4-9,12,14-15,18,20H,3H2,1-2H3. The summed E-state index contributed by atoms with van der Waals surface area (Å²) in [6.45, 7) is 2.31. The Morgan fingerprint density at radius 1 is 1.35 bits per heavy atom. The van der Waals surface area contributed by atoms with Gasteiger partial charge in [0.1, 0.15) is 12.0 Å². The fourth-order valence-electron chi connectivity index (χ4n) is 2.10. The number of benzene rings is 1. The third-order valence-electron chi connectivity index (χ3n) is 3.29. The van der Waals surface area contributed by atoms with Crippen LogP contribution in [0.1, 0.15) is 17.3 Å². The average molecular weight is 277 g/mol. The summed E-state index contributed by atoms with van der Waals surface area (Å²) in [6.07, 6.45) is -0.463. The second kappa shape index (κ2) is 6.04. The summed E-state index contributed by atoms with van der Waals surface area (Å²) < 4.78 is 0. The van der Waals surface area contributed by atoms with Crippen molar-refractivity contribution in [1.29, 1.82) is 0 Å². The first-order valence-electron chi connectivity index (χ1n) is 6.48.